The van der Waals surface area contributed by atoms with E-state index in [0.717, 1.165) is 16.8 Å². The maximum Gasteiger partial charge on any atom is 0.223 e. The lowest BCUT2D eigenvalue weighted by Gasteiger charge is -2.20. The van der Waals surface area contributed by atoms with Gasteiger partial charge in [0.15, 0.2) is 11.7 Å². The first-order chi connectivity index (χ1) is 16.8. The van der Waals surface area contributed by atoms with Gasteiger partial charge in [-0.25, -0.2) is 4.98 Å². The molecule has 0 N–H and O–H groups in total. The quantitative estimate of drug-likeness (QED) is 0.260. The van der Waals surface area contributed by atoms with Crippen molar-refractivity contribution in [3.05, 3.63) is 115 Å². The second-order valence-corrected chi connectivity index (χ2v) is 7.93. The molecule has 3 aromatic heterocycles. The molecule has 1 amide bonds. The fourth-order valence-electron chi connectivity index (χ4n) is 3.83. The largest absolute Gasteiger partial charge is 0.467 e. The highest BCUT2D eigenvalue weighted by molar-refractivity contribution is 5.78. The molecule has 0 saturated carbocycles. The third-order valence-electron chi connectivity index (χ3n) is 5.51. The second kappa shape index (κ2) is 10.1. The molecule has 6 heteroatoms. The molecule has 0 aliphatic carbocycles. The van der Waals surface area contributed by atoms with E-state index in [1.807, 2.05) is 84.9 Å². The van der Waals surface area contributed by atoms with Gasteiger partial charge in [0.1, 0.15) is 17.2 Å². The number of rotatable bonds is 9. The molecule has 0 fully saturated rings. The maximum absolute atomic E-state index is 13.2. The number of nitrogens with zero attached hydrogens (tertiary/aromatic N) is 2. The topological polar surface area (TPSA) is 72.6 Å². The van der Waals surface area contributed by atoms with Gasteiger partial charge in [-0.05, 0) is 24.3 Å². The predicted octanol–water partition coefficient (Wildman–Crippen LogP) is 6.36. The molecule has 0 spiro atoms. The number of carbonyl (C=O) groups excluding carboxylic acids is 1. The Hall–Kier alpha value is -4.32. The van der Waals surface area contributed by atoms with E-state index in [1.165, 1.54) is 0 Å². The van der Waals surface area contributed by atoms with Gasteiger partial charge < -0.3 is 18.2 Å². The highest BCUT2D eigenvalue weighted by Crippen LogP contribution is 2.33. The molecule has 0 bridgehead atoms. The second-order valence-electron chi connectivity index (χ2n) is 7.93. The van der Waals surface area contributed by atoms with Crippen LogP contribution < -0.4 is 0 Å². The lowest BCUT2D eigenvalue weighted by atomic mass is 10.1. The Morgan fingerprint density at radius 1 is 0.735 bits per heavy atom. The van der Waals surface area contributed by atoms with Crippen LogP contribution in [0.15, 0.2) is 111 Å². The summed E-state index contributed by atoms with van der Waals surface area (Å²) >= 11 is 0. The minimum Gasteiger partial charge on any atom is -0.467 e. The summed E-state index contributed by atoms with van der Waals surface area (Å²) in [4.78, 5) is 19.7. The van der Waals surface area contributed by atoms with Crippen LogP contribution in [0.4, 0.5) is 0 Å². The Balaban J connectivity index is 1.36. The molecular formula is C28H24N2O4. The Morgan fingerprint density at radius 2 is 1.32 bits per heavy atom. The minimum atomic E-state index is -0.0338. The fourth-order valence-corrected chi connectivity index (χ4v) is 3.83. The summed E-state index contributed by atoms with van der Waals surface area (Å²) in [5.41, 5.74) is 2.70. The van der Waals surface area contributed by atoms with Crippen molar-refractivity contribution >= 4 is 5.91 Å². The van der Waals surface area contributed by atoms with Crippen molar-refractivity contribution < 1.29 is 18.0 Å². The summed E-state index contributed by atoms with van der Waals surface area (Å²) in [7, 11) is 0. The Bertz CT molecular complexity index is 1210. The first kappa shape index (κ1) is 21.5. The van der Waals surface area contributed by atoms with E-state index in [2.05, 4.69) is 0 Å². The van der Waals surface area contributed by atoms with Crippen LogP contribution in [0.2, 0.25) is 0 Å². The van der Waals surface area contributed by atoms with Crippen LogP contribution in [0.1, 0.15) is 23.8 Å². The van der Waals surface area contributed by atoms with E-state index in [-0.39, 0.29) is 12.3 Å². The Kier molecular flexibility index (Phi) is 6.38. The van der Waals surface area contributed by atoms with Crippen LogP contribution in [0.25, 0.3) is 22.6 Å². The Morgan fingerprint density at radius 3 is 1.88 bits per heavy atom. The zero-order chi connectivity index (χ0) is 23.2. The Labute approximate surface area is 197 Å². The van der Waals surface area contributed by atoms with Gasteiger partial charge in [0, 0.05) is 24.0 Å². The van der Waals surface area contributed by atoms with Crippen LogP contribution >= 0.6 is 0 Å². The molecule has 0 atom stereocenters. The van der Waals surface area contributed by atoms with Crippen LogP contribution in [0.3, 0.4) is 0 Å². The van der Waals surface area contributed by atoms with Crippen LogP contribution in [-0.2, 0) is 24.3 Å². The summed E-state index contributed by atoms with van der Waals surface area (Å²) < 4.78 is 17.1. The van der Waals surface area contributed by atoms with E-state index in [0.29, 0.717) is 42.7 Å². The number of aryl methyl sites for hydroxylation is 1. The molecule has 5 rings (SSSR count). The maximum atomic E-state index is 13.2. The molecular weight excluding hydrogens is 428 g/mol. The molecule has 0 radical (unpaired) electrons. The molecule has 6 nitrogen and oxygen atoms in total. The van der Waals surface area contributed by atoms with E-state index in [4.69, 9.17) is 18.2 Å². The zero-order valence-corrected chi connectivity index (χ0v) is 18.6. The third-order valence-corrected chi connectivity index (χ3v) is 5.51. The molecule has 2 aromatic carbocycles. The highest BCUT2D eigenvalue weighted by Gasteiger charge is 2.21. The van der Waals surface area contributed by atoms with Crippen molar-refractivity contribution in [2.45, 2.75) is 25.9 Å². The van der Waals surface area contributed by atoms with Gasteiger partial charge in [-0.3, -0.25) is 4.79 Å². The van der Waals surface area contributed by atoms with Crippen molar-refractivity contribution in [1.29, 1.82) is 0 Å². The van der Waals surface area contributed by atoms with Crippen molar-refractivity contribution in [3.63, 3.8) is 0 Å². The predicted molar refractivity (Wildman–Crippen MR) is 127 cm³/mol. The number of hydrogen-bond donors (Lipinski definition) is 0. The normalized spacial score (nSPS) is 10.9. The third kappa shape index (κ3) is 5.02. The number of oxazole rings is 1. The standard InChI is InChI=1S/C28H24N2O4/c31-26(30(19-23-13-7-17-32-23)20-24-14-8-18-33-24)16-15-25-29-27(21-9-3-1-4-10-21)28(34-25)22-11-5-2-6-12-22/h1-14,17-18H,15-16,19-20H2. The number of amides is 1. The van der Waals surface area contributed by atoms with E-state index < -0.39 is 0 Å². The van der Waals surface area contributed by atoms with Gasteiger partial charge in [0.2, 0.25) is 5.91 Å². The first-order valence-electron chi connectivity index (χ1n) is 11.2. The highest BCUT2D eigenvalue weighted by atomic mass is 16.4. The molecule has 0 unspecified atom stereocenters. The van der Waals surface area contributed by atoms with Gasteiger partial charge in [-0.1, -0.05) is 60.7 Å². The summed E-state index contributed by atoms with van der Waals surface area (Å²) in [5.74, 6) is 2.63. The minimum absolute atomic E-state index is 0.0338. The van der Waals surface area contributed by atoms with Crippen molar-refractivity contribution in [3.8, 4) is 22.6 Å². The fraction of sp³-hybridized carbons (Fsp3) is 0.143. The lowest BCUT2D eigenvalue weighted by molar-refractivity contribution is -0.133. The van der Waals surface area contributed by atoms with E-state index in [9.17, 15) is 4.79 Å². The molecule has 170 valence electrons. The van der Waals surface area contributed by atoms with Crippen LogP contribution in [0, 0.1) is 0 Å². The van der Waals surface area contributed by atoms with Crippen molar-refractivity contribution in [2.75, 3.05) is 0 Å². The molecule has 5 aromatic rings. The van der Waals surface area contributed by atoms with E-state index in [1.54, 1.807) is 17.4 Å². The summed E-state index contributed by atoms with van der Waals surface area (Å²) in [6.45, 7) is 0.727. The molecule has 34 heavy (non-hydrogen) atoms. The van der Waals surface area contributed by atoms with Crippen molar-refractivity contribution in [1.82, 2.24) is 9.88 Å². The van der Waals surface area contributed by atoms with Crippen LogP contribution in [-0.4, -0.2) is 15.8 Å². The van der Waals surface area contributed by atoms with Crippen LogP contribution in [0.5, 0.6) is 0 Å². The summed E-state index contributed by atoms with van der Waals surface area (Å²) in [6.07, 6.45) is 3.85. The lowest BCUT2D eigenvalue weighted by Crippen LogP contribution is -2.30. The monoisotopic (exact) mass is 452 g/mol. The van der Waals surface area contributed by atoms with Gasteiger partial charge in [-0.15, -0.1) is 0 Å². The van der Waals surface area contributed by atoms with Gasteiger partial charge in [0.05, 0.1) is 25.6 Å². The van der Waals surface area contributed by atoms with Gasteiger partial charge in [0.25, 0.3) is 0 Å². The first-order valence-corrected chi connectivity index (χ1v) is 11.2. The number of furan rings is 2. The molecule has 3 heterocycles. The number of hydrogen-bond acceptors (Lipinski definition) is 5. The van der Waals surface area contributed by atoms with Crippen molar-refractivity contribution in [2.24, 2.45) is 0 Å². The zero-order valence-electron chi connectivity index (χ0n) is 18.6. The molecule has 0 aliphatic rings. The number of aromatic nitrogens is 1. The van der Waals surface area contributed by atoms with Gasteiger partial charge in [-0.2, -0.15) is 0 Å². The van der Waals surface area contributed by atoms with Gasteiger partial charge >= 0.3 is 0 Å². The molecule has 0 aliphatic heterocycles. The number of benzene rings is 2. The smallest absolute Gasteiger partial charge is 0.223 e. The number of carbonyl (C=O) groups is 1. The average molecular weight is 453 g/mol. The summed E-state index contributed by atoms with van der Waals surface area (Å²) in [5, 5.41) is 0. The SMILES string of the molecule is O=C(CCc1nc(-c2ccccc2)c(-c2ccccc2)o1)N(Cc1ccco1)Cc1ccco1. The average Bonchev–Trinajstić information content (AvgIpc) is 3.66. The van der Waals surface area contributed by atoms with E-state index >= 15 is 0 Å². The molecule has 0 saturated heterocycles. The summed E-state index contributed by atoms with van der Waals surface area (Å²) in [6, 6.07) is 27.2.